The van der Waals surface area contributed by atoms with Gasteiger partial charge in [-0.3, -0.25) is 9.88 Å². The van der Waals surface area contributed by atoms with Crippen molar-refractivity contribution >= 4 is 38.9 Å². The number of hydrogen-bond acceptors (Lipinski definition) is 4. The van der Waals surface area contributed by atoms with Gasteiger partial charge in [0.2, 0.25) is 0 Å². The topological polar surface area (TPSA) is 69.0 Å². The summed E-state index contributed by atoms with van der Waals surface area (Å²) in [5.41, 5.74) is 2.47. The van der Waals surface area contributed by atoms with E-state index in [1.165, 1.54) is 0 Å². The zero-order chi connectivity index (χ0) is 17.3. The van der Waals surface area contributed by atoms with Crippen LogP contribution in [0, 0.1) is 0 Å². The molecule has 0 aliphatic heterocycles. The molecule has 3 rings (SSSR count). The maximum atomic E-state index is 11.9. The summed E-state index contributed by atoms with van der Waals surface area (Å²) in [5, 5.41) is 2.74. The Labute approximate surface area is 148 Å². The van der Waals surface area contributed by atoms with Gasteiger partial charge in [0.1, 0.15) is 22.0 Å². The summed E-state index contributed by atoms with van der Waals surface area (Å²) in [5.74, 6) is 0. The molecule has 1 N–H and O–H groups in total. The highest BCUT2D eigenvalue weighted by atomic mass is 79.9. The van der Waals surface area contributed by atoms with Crippen molar-refractivity contribution in [3.8, 4) is 5.69 Å². The number of aromatic nitrogens is 3. The van der Waals surface area contributed by atoms with Gasteiger partial charge in [-0.05, 0) is 67.0 Å². The predicted octanol–water partition coefficient (Wildman–Crippen LogP) is 4.53. The molecule has 2 aromatic heterocycles. The van der Waals surface area contributed by atoms with Crippen molar-refractivity contribution in [3.63, 3.8) is 0 Å². The molecule has 1 amide bonds. The number of halogens is 1. The molecule has 0 saturated heterocycles. The monoisotopic (exact) mass is 388 g/mol. The van der Waals surface area contributed by atoms with Crippen LogP contribution >= 0.6 is 15.9 Å². The maximum absolute atomic E-state index is 11.9. The first-order valence-corrected chi connectivity index (χ1v) is 8.21. The number of ether oxygens (including phenoxy) is 1. The van der Waals surface area contributed by atoms with Crippen LogP contribution in [0.15, 0.2) is 47.3 Å². The highest BCUT2D eigenvalue weighted by molar-refractivity contribution is 9.10. The Kier molecular flexibility index (Phi) is 4.28. The van der Waals surface area contributed by atoms with Crippen LogP contribution in [-0.2, 0) is 4.74 Å². The molecule has 2 heterocycles. The van der Waals surface area contributed by atoms with Crippen LogP contribution in [0.25, 0.3) is 16.9 Å². The molecule has 0 aliphatic carbocycles. The molecule has 3 aromatic rings. The van der Waals surface area contributed by atoms with Crippen LogP contribution in [0.3, 0.4) is 0 Å². The van der Waals surface area contributed by atoms with E-state index in [2.05, 4.69) is 31.2 Å². The summed E-state index contributed by atoms with van der Waals surface area (Å²) in [6, 6.07) is 11.2. The van der Waals surface area contributed by atoms with Crippen molar-refractivity contribution in [1.82, 2.24) is 14.5 Å². The van der Waals surface area contributed by atoms with Gasteiger partial charge in [0.15, 0.2) is 5.65 Å². The molecule has 0 unspecified atom stereocenters. The zero-order valence-corrected chi connectivity index (χ0v) is 15.2. The lowest BCUT2D eigenvalue weighted by Crippen LogP contribution is -2.27. The summed E-state index contributed by atoms with van der Waals surface area (Å²) in [6.45, 7) is 5.47. The second kappa shape index (κ2) is 6.24. The van der Waals surface area contributed by atoms with Crippen LogP contribution in [0.5, 0.6) is 0 Å². The number of nitrogens with one attached hydrogen (secondary N) is 1. The van der Waals surface area contributed by atoms with E-state index in [9.17, 15) is 4.79 Å². The fraction of sp³-hybridized carbons (Fsp3) is 0.235. The van der Waals surface area contributed by atoms with Crippen molar-refractivity contribution in [2.45, 2.75) is 26.4 Å². The molecule has 124 valence electrons. The van der Waals surface area contributed by atoms with Crippen LogP contribution in [0.2, 0.25) is 0 Å². The molecule has 7 heteroatoms. The molecule has 0 aliphatic rings. The maximum Gasteiger partial charge on any atom is 0.412 e. The van der Waals surface area contributed by atoms with E-state index in [1.807, 2.05) is 55.7 Å². The van der Waals surface area contributed by atoms with Crippen LogP contribution in [-0.4, -0.2) is 26.2 Å². The summed E-state index contributed by atoms with van der Waals surface area (Å²) in [6.07, 6.45) is 1.22. The number of fused-ring (bicyclic) bond motifs is 1. The van der Waals surface area contributed by atoms with E-state index in [4.69, 9.17) is 4.74 Å². The molecule has 0 fully saturated rings. The number of carbonyl (C=O) groups excluding carboxylic acids is 1. The van der Waals surface area contributed by atoms with Crippen LogP contribution in [0.4, 0.5) is 10.5 Å². The number of pyridine rings is 1. The third-order valence-electron chi connectivity index (χ3n) is 3.13. The van der Waals surface area contributed by atoms with Gasteiger partial charge >= 0.3 is 6.09 Å². The molecule has 1 aromatic carbocycles. The Morgan fingerprint density at radius 1 is 1.25 bits per heavy atom. The molecule has 0 spiro atoms. The average molecular weight is 389 g/mol. The number of imidazole rings is 1. The van der Waals surface area contributed by atoms with Crippen LogP contribution in [0.1, 0.15) is 20.8 Å². The fourth-order valence-corrected chi connectivity index (χ4v) is 2.51. The first-order chi connectivity index (χ1) is 11.3. The Morgan fingerprint density at radius 2 is 2.04 bits per heavy atom. The zero-order valence-electron chi connectivity index (χ0n) is 13.6. The Balaban J connectivity index is 1.90. The van der Waals surface area contributed by atoms with E-state index in [0.29, 0.717) is 5.69 Å². The minimum atomic E-state index is -0.543. The third kappa shape index (κ3) is 3.73. The SMILES string of the molecule is CC(C)(C)OC(=O)Nc1cccc(-n2cnc3ccc(Br)nc32)c1. The normalized spacial score (nSPS) is 11.5. The number of rotatable bonds is 2. The van der Waals surface area contributed by atoms with Crippen molar-refractivity contribution in [2.75, 3.05) is 5.32 Å². The Morgan fingerprint density at radius 3 is 2.79 bits per heavy atom. The highest BCUT2D eigenvalue weighted by Gasteiger charge is 2.16. The van der Waals surface area contributed by atoms with Gasteiger partial charge in [-0.1, -0.05) is 6.07 Å². The molecule has 0 bridgehead atoms. The predicted molar refractivity (Wildman–Crippen MR) is 96.4 cm³/mol. The average Bonchev–Trinajstić information content (AvgIpc) is 2.88. The van der Waals surface area contributed by atoms with Gasteiger partial charge in [0.05, 0.1) is 5.69 Å². The highest BCUT2D eigenvalue weighted by Crippen LogP contribution is 2.21. The Bertz CT molecular complexity index is 899. The fourth-order valence-electron chi connectivity index (χ4n) is 2.21. The standard InChI is InChI=1S/C17H17BrN4O2/c1-17(2,3)24-16(23)20-11-5-4-6-12(9-11)22-10-19-13-7-8-14(18)21-15(13)22/h4-10H,1-3H3,(H,20,23). The summed E-state index contributed by atoms with van der Waals surface area (Å²) in [4.78, 5) is 20.7. The number of hydrogen-bond donors (Lipinski definition) is 1. The van der Waals surface area contributed by atoms with Crippen LogP contribution < -0.4 is 5.32 Å². The van der Waals surface area contributed by atoms with E-state index < -0.39 is 11.7 Å². The molecule has 0 radical (unpaired) electrons. The third-order valence-corrected chi connectivity index (χ3v) is 3.57. The van der Waals surface area contributed by atoms with Gasteiger partial charge < -0.3 is 4.74 Å². The molecule has 0 atom stereocenters. The number of benzene rings is 1. The summed E-state index contributed by atoms with van der Waals surface area (Å²) in [7, 11) is 0. The number of carbonyl (C=O) groups is 1. The smallest absolute Gasteiger partial charge is 0.412 e. The van der Waals surface area contributed by atoms with Crippen molar-refractivity contribution in [1.29, 1.82) is 0 Å². The van der Waals surface area contributed by atoms with Gasteiger partial charge in [0, 0.05) is 5.69 Å². The largest absolute Gasteiger partial charge is 0.444 e. The minimum Gasteiger partial charge on any atom is -0.444 e. The summed E-state index contributed by atoms with van der Waals surface area (Å²) < 4.78 is 7.87. The second-order valence-electron chi connectivity index (χ2n) is 6.27. The Hall–Kier alpha value is -2.41. The van der Waals surface area contributed by atoms with E-state index in [1.54, 1.807) is 12.4 Å². The number of amides is 1. The van der Waals surface area contributed by atoms with Gasteiger partial charge in [-0.25, -0.2) is 14.8 Å². The van der Waals surface area contributed by atoms with E-state index >= 15 is 0 Å². The first-order valence-electron chi connectivity index (χ1n) is 7.42. The van der Waals surface area contributed by atoms with E-state index in [0.717, 1.165) is 21.5 Å². The lowest BCUT2D eigenvalue weighted by Gasteiger charge is -2.19. The molecule has 6 nitrogen and oxygen atoms in total. The van der Waals surface area contributed by atoms with Crippen molar-refractivity contribution in [2.24, 2.45) is 0 Å². The minimum absolute atomic E-state index is 0.490. The van der Waals surface area contributed by atoms with Gasteiger partial charge in [-0.2, -0.15) is 0 Å². The number of anilines is 1. The second-order valence-corrected chi connectivity index (χ2v) is 7.08. The molecular formula is C17H17BrN4O2. The quantitative estimate of drug-likeness (QED) is 0.654. The van der Waals surface area contributed by atoms with Gasteiger partial charge in [0.25, 0.3) is 0 Å². The molecule has 0 saturated carbocycles. The van der Waals surface area contributed by atoms with Crippen molar-refractivity contribution in [3.05, 3.63) is 47.3 Å². The number of nitrogens with zero attached hydrogens (tertiary/aromatic N) is 3. The van der Waals surface area contributed by atoms with Crippen molar-refractivity contribution < 1.29 is 9.53 Å². The summed E-state index contributed by atoms with van der Waals surface area (Å²) >= 11 is 3.37. The lowest BCUT2D eigenvalue weighted by molar-refractivity contribution is 0.0636. The molecular weight excluding hydrogens is 372 g/mol. The lowest BCUT2D eigenvalue weighted by atomic mass is 10.2. The van der Waals surface area contributed by atoms with E-state index in [-0.39, 0.29) is 0 Å². The van der Waals surface area contributed by atoms with Gasteiger partial charge in [-0.15, -0.1) is 0 Å². The molecule has 24 heavy (non-hydrogen) atoms. The first kappa shape index (κ1) is 16.4.